The van der Waals surface area contributed by atoms with Crippen molar-refractivity contribution in [2.75, 3.05) is 20.8 Å². The van der Waals surface area contributed by atoms with E-state index in [1.165, 1.54) is 12.0 Å². The molecule has 1 N–H and O–H groups in total. The zero-order chi connectivity index (χ0) is 22.5. The summed E-state index contributed by atoms with van der Waals surface area (Å²) in [5, 5.41) is 2.69. The second-order valence-corrected chi connectivity index (χ2v) is 8.61. The summed E-state index contributed by atoms with van der Waals surface area (Å²) in [7, 11) is 2.88. The molecule has 1 fully saturated rings. The molecule has 0 bridgehead atoms. The van der Waals surface area contributed by atoms with Crippen molar-refractivity contribution < 1.29 is 28.6 Å². The fraction of sp³-hybridized carbons (Fsp3) is 0.591. The predicted molar refractivity (Wildman–Crippen MR) is 111 cm³/mol. The summed E-state index contributed by atoms with van der Waals surface area (Å²) in [6.07, 6.45) is 0.746. The van der Waals surface area contributed by atoms with Gasteiger partial charge in [0.1, 0.15) is 22.9 Å². The van der Waals surface area contributed by atoms with Crippen LogP contribution in [0.25, 0.3) is 0 Å². The lowest BCUT2D eigenvalue weighted by atomic mass is 9.97. The fourth-order valence-electron chi connectivity index (χ4n) is 3.58. The molecule has 0 radical (unpaired) electrons. The third-order valence-corrected chi connectivity index (χ3v) is 5.12. The standard InChI is InChI=1S/C22H32N2O6/c1-21(2,3)30-20(27)23-17(14-15-8-10-16(28-5)11-9-15)18(25)24-13-7-12-22(24,4)19(26)29-6/h8-11,17H,7,12-14H2,1-6H3,(H,23,27)/t17-,22-/m0/s1. The van der Waals surface area contributed by atoms with E-state index in [9.17, 15) is 14.4 Å². The van der Waals surface area contributed by atoms with Crippen molar-refractivity contribution in [2.24, 2.45) is 0 Å². The average Bonchev–Trinajstić information content (AvgIpc) is 3.08. The topological polar surface area (TPSA) is 94.2 Å². The maximum Gasteiger partial charge on any atom is 0.408 e. The quantitative estimate of drug-likeness (QED) is 0.711. The van der Waals surface area contributed by atoms with Crippen LogP contribution in [0.15, 0.2) is 24.3 Å². The Bertz CT molecular complexity index is 771. The second-order valence-electron chi connectivity index (χ2n) is 8.61. The summed E-state index contributed by atoms with van der Waals surface area (Å²) in [4.78, 5) is 39.7. The Kier molecular flexibility index (Phi) is 7.34. The fourth-order valence-corrected chi connectivity index (χ4v) is 3.58. The van der Waals surface area contributed by atoms with Crippen molar-refractivity contribution in [3.63, 3.8) is 0 Å². The molecule has 1 aliphatic heterocycles. The number of esters is 1. The number of rotatable bonds is 6. The van der Waals surface area contributed by atoms with Crippen LogP contribution in [0.4, 0.5) is 4.79 Å². The van der Waals surface area contributed by atoms with Gasteiger partial charge in [0.15, 0.2) is 0 Å². The molecule has 30 heavy (non-hydrogen) atoms. The van der Waals surface area contributed by atoms with Crippen LogP contribution in [0.1, 0.15) is 46.1 Å². The second kappa shape index (κ2) is 9.36. The number of likely N-dealkylation sites (tertiary alicyclic amines) is 1. The number of hydrogen-bond acceptors (Lipinski definition) is 6. The predicted octanol–water partition coefficient (Wildman–Crippen LogP) is 2.69. The monoisotopic (exact) mass is 420 g/mol. The highest BCUT2D eigenvalue weighted by molar-refractivity contribution is 5.92. The molecule has 2 atom stereocenters. The molecule has 2 rings (SSSR count). The number of nitrogens with one attached hydrogen (secondary N) is 1. The Labute approximate surface area is 177 Å². The largest absolute Gasteiger partial charge is 0.497 e. The van der Waals surface area contributed by atoms with Crippen molar-refractivity contribution >= 4 is 18.0 Å². The van der Waals surface area contributed by atoms with E-state index in [1.807, 2.05) is 12.1 Å². The lowest BCUT2D eigenvalue weighted by Crippen LogP contribution is -2.58. The number of benzene rings is 1. The number of ether oxygens (including phenoxy) is 3. The van der Waals surface area contributed by atoms with Crippen LogP contribution in [-0.4, -0.2) is 60.8 Å². The third-order valence-electron chi connectivity index (χ3n) is 5.12. The Morgan fingerprint density at radius 3 is 2.33 bits per heavy atom. The molecule has 1 aliphatic rings. The van der Waals surface area contributed by atoms with Gasteiger partial charge in [-0.05, 0) is 58.2 Å². The summed E-state index contributed by atoms with van der Waals surface area (Å²) in [5.41, 5.74) is -0.921. The van der Waals surface area contributed by atoms with Crippen LogP contribution >= 0.6 is 0 Å². The van der Waals surface area contributed by atoms with Gasteiger partial charge < -0.3 is 24.4 Å². The highest BCUT2D eigenvalue weighted by Gasteiger charge is 2.48. The Morgan fingerprint density at radius 1 is 1.17 bits per heavy atom. The van der Waals surface area contributed by atoms with Gasteiger partial charge in [-0.15, -0.1) is 0 Å². The van der Waals surface area contributed by atoms with Crippen LogP contribution < -0.4 is 10.1 Å². The third kappa shape index (κ3) is 5.64. The zero-order valence-corrected chi connectivity index (χ0v) is 18.6. The van der Waals surface area contributed by atoms with Crippen molar-refractivity contribution in [1.29, 1.82) is 0 Å². The molecule has 1 aromatic rings. The number of amides is 2. The number of nitrogens with zero attached hydrogens (tertiary/aromatic N) is 1. The Balaban J connectivity index is 2.27. The summed E-state index contributed by atoms with van der Waals surface area (Å²) in [6, 6.07) is 6.35. The van der Waals surface area contributed by atoms with Gasteiger partial charge in [0, 0.05) is 13.0 Å². The molecule has 0 aromatic heterocycles. The molecule has 1 aromatic carbocycles. The van der Waals surface area contributed by atoms with Gasteiger partial charge >= 0.3 is 12.1 Å². The summed E-state index contributed by atoms with van der Waals surface area (Å²) < 4.78 is 15.4. The SMILES string of the molecule is COC(=O)[C@]1(C)CCCN1C(=O)[C@H](Cc1ccc(OC)cc1)NC(=O)OC(C)(C)C. The minimum absolute atomic E-state index is 0.246. The van der Waals surface area contributed by atoms with E-state index in [0.717, 1.165) is 5.56 Å². The van der Waals surface area contributed by atoms with Gasteiger partial charge in [0.25, 0.3) is 0 Å². The highest BCUT2D eigenvalue weighted by atomic mass is 16.6. The maximum absolute atomic E-state index is 13.4. The van der Waals surface area contributed by atoms with E-state index < -0.39 is 29.2 Å². The van der Waals surface area contributed by atoms with Crippen molar-refractivity contribution in [2.45, 2.75) is 64.1 Å². The number of methoxy groups -OCH3 is 2. The molecule has 0 unspecified atom stereocenters. The molecular weight excluding hydrogens is 388 g/mol. The number of alkyl carbamates (subject to hydrolysis) is 1. The van der Waals surface area contributed by atoms with E-state index in [-0.39, 0.29) is 12.3 Å². The molecule has 8 heteroatoms. The molecule has 0 saturated carbocycles. The van der Waals surface area contributed by atoms with E-state index in [1.54, 1.807) is 46.9 Å². The molecule has 1 heterocycles. The molecule has 0 spiro atoms. The molecule has 0 aliphatic carbocycles. The number of carbonyl (C=O) groups is 3. The summed E-state index contributed by atoms with van der Waals surface area (Å²) in [5.74, 6) is -0.115. The maximum atomic E-state index is 13.4. The van der Waals surface area contributed by atoms with Gasteiger partial charge in [-0.1, -0.05) is 12.1 Å². The molecule has 1 saturated heterocycles. The molecule has 2 amide bonds. The van der Waals surface area contributed by atoms with Gasteiger partial charge in [0.05, 0.1) is 14.2 Å². The van der Waals surface area contributed by atoms with Crippen LogP contribution in [0, 0.1) is 0 Å². The van der Waals surface area contributed by atoms with E-state index in [2.05, 4.69) is 5.32 Å². The lowest BCUT2D eigenvalue weighted by molar-refractivity contribution is -0.158. The minimum Gasteiger partial charge on any atom is -0.497 e. The molecular formula is C22H32N2O6. The lowest BCUT2D eigenvalue weighted by Gasteiger charge is -2.35. The normalized spacial score (nSPS) is 19.7. The number of carbonyl (C=O) groups excluding carboxylic acids is 3. The van der Waals surface area contributed by atoms with E-state index in [0.29, 0.717) is 25.1 Å². The van der Waals surface area contributed by atoms with Crippen LogP contribution in [-0.2, 0) is 25.5 Å². The van der Waals surface area contributed by atoms with Gasteiger partial charge in [-0.25, -0.2) is 9.59 Å². The smallest absolute Gasteiger partial charge is 0.408 e. The van der Waals surface area contributed by atoms with Gasteiger partial charge in [0.2, 0.25) is 5.91 Å². The van der Waals surface area contributed by atoms with Crippen molar-refractivity contribution in [1.82, 2.24) is 10.2 Å². The molecule has 166 valence electrons. The number of hydrogen-bond donors (Lipinski definition) is 1. The van der Waals surface area contributed by atoms with Gasteiger partial charge in [-0.3, -0.25) is 4.79 Å². The zero-order valence-electron chi connectivity index (χ0n) is 18.6. The first-order valence-electron chi connectivity index (χ1n) is 10.0. The first kappa shape index (κ1) is 23.5. The van der Waals surface area contributed by atoms with Crippen LogP contribution in [0.3, 0.4) is 0 Å². The van der Waals surface area contributed by atoms with Gasteiger partial charge in [-0.2, -0.15) is 0 Å². The molecule has 8 nitrogen and oxygen atoms in total. The Hall–Kier alpha value is -2.77. The van der Waals surface area contributed by atoms with Crippen molar-refractivity contribution in [3.05, 3.63) is 29.8 Å². The summed E-state index contributed by atoms with van der Waals surface area (Å²) >= 11 is 0. The first-order valence-corrected chi connectivity index (χ1v) is 10.0. The first-order chi connectivity index (χ1) is 14.0. The average molecular weight is 421 g/mol. The summed E-state index contributed by atoms with van der Waals surface area (Å²) in [6.45, 7) is 7.37. The van der Waals surface area contributed by atoms with Crippen LogP contribution in [0.5, 0.6) is 5.75 Å². The highest BCUT2D eigenvalue weighted by Crippen LogP contribution is 2.31. The van der Waals surface area contributed by atoms with E-state index >= 15 is 0 Å². The van der Waals surface area contributed by atoms with E-state index in [4.69, 9.17) is 14.2 Å². The minimum atomic E-state index is -1.06. The van der Waals surface area contributed by atoms with Crippen LogP contribution in [0.2, 0.25) is 0 Å². The Morgan fingerprint density at radius 2 is 1.80 bits per heavy atom. The van der Waals surface area contributed by atoms with Crippen molar-refractivity contribution in [3.8, 4) is 5.75 Å².